The van der Waals surface area contributed by atoms with E-state index in [1.165, 1.54) is 11.5 Å². The summed E-state index contributed by atoms with van der Waals surface area (Å²) >= 11 is 7.58. The molecule has 0 saturated heterocycles. The van der Waals surface area contributed by atoms with Gasteiger partial charge in [-0.2, -0.15) is 0 Å². The molecule has 0 fully saturated rings. The molecule has 19 heavy (non-hydrogen) atoms. The van der Waals surface area contributed by atoms with Crippen LogP contribution in [0, 0.1) is 0 Å². The number of pyridine rings is 1. The van der Waals surface area contributed by atoms with Crippen molar-refractivity contribution in [2.24, 2.45) is 0 Å². The fourth-order valence-corrected chi connectivity index (χ4v) is 3.14. The van der Waals surface area contributed by atoms with Crippen LogP contribution in [0.25, 0.3) is 10.1 Å². The average Bonchev–Trinajstić information content (AvgIpc) is 2.81. The van der Waals surface area contributed by atoms with Crippen LogP contribution < -0.4 is 5.56 Å². The first kappa shape index (κ1) is 12.4. The summed E-state index contributed by atoms with van der Waals surface area (Å²) in [7, 11) is 0. The molecular weight excluding hydrogens is 280 g/mol. The summed E-state index contributed by atoms with van der Waals surface area (Å²) in [5, 5.41) is 1.36. The van der Waals surface area contributed by atoms with E-state index in [1.54, 1.807) is 6.20 Å². The zero-order valence-electron chi connectivity index (χ0n) is 10.0. The maximum absolute atomic E-state index is 11.8. The zero-order chi connectivity index (χ0) is 13.2. The summed E-state index contributed by atoms with van der Waals surface area (Å²) in [6.45, 7) is 0. The average molecular weight is 291 g/mol. The first-order valence-corrected chi connectivity index (χ1v) is 7.13. The van der Waals surface area contributed by atoms with Crippen LogP contribution in [0.1, 0.15) is 11.3 Å². The lowest BCUT2D eigenvalue weighted by Crippen LogP contribution is -2.03. The smallest absolute Gasteiger partial charge is 0.266 e. The third kappa shape index (κ3) is 2.41. The summed E-state index contributed by atoms with van der Waals surface area (Å²) in [6, 6.07) is 9.56. The minimum Gasteiger partial charge on any atom is -0.277 e. The summed E-state index contributed by atoms with van der Waals surface area (Å²) < 4.78 is 3.70. The highest BCUT2D eigenvalue weighted by molar-refractivity contribution is 7.13. The Morgan fingerprint density at radius 3 is 2.89 bits per heavy atom. The molecule has 3 nitrogen and oxygen atoms in total. The van der Waals surface area contributed by atoms with Crippen molar-refractivity contribution in [3.05, 3.63) is 63.2 Å². The number of fused-ring (bicyclic) bond motifs is 1. The number of nitrogens with one attached hydrogen (secondary N) is 1. The van der Waals surface area contributed by atoms with Gasteiger partial charge in [0.15, 0.2) is 0 Å². The number of aromatic nitrogens is 2. The zero-order valence-corrected chi connectivity index (χ0v) is 11.6. The van der Waals surface area contributed by atoms with Crippen LogP contribution in [0.15, 0.2) is 41.3 Å². The number of H-pyrrole nitrogens is 1. The minimum atomic E-state index is -0.0569. The molecule has 0 saturated carbocycles. The molecule has 0 radical (unpaired) electrons. The predicted molar refractivity (Wildman–Crippen MR) is 79.1 cm³/mol. The molecule has 0 aliphatic rings. The molecule has 96 valence electrons. The number of hydrogen-bond acceptors (Lipinski definition) is 3. The maximum Gasteiger partial charge on any atom is 0.266 e. The van der Waals surface area contributed by atoms with Gasteiger partial charge in [-0.15, -0.1) is 0 Å². The normalized spacial score (nSPS) is 11.0. The largest absolute Gasteiger partial charge is 0.277 e. The highest BCUT2D eigenvalue weighted by atomic mass is 35.5. The first-order valence-electron chi connectivity index (χ1n) is 5.94. The highest BCUT2D eigenvalue weighted by Crippen LogP contribution is 2.26. The predicted octanol–water partition coefficient (Wildman–Crippen LogP) is 3.42. The molecule has 0 aliphatic carbocycles. The molecule has 0 aliphatic heterocycles. The highest BCUT2D eigenvalue weighted by Gasteiger charge is 2.11. The minimum absolute atomic E-state index is 0.0569. The first-order chi connectivity index (χ1) is 9.25. The molecule has 0 unspecified atom stereocenters. The second kappa shape index (κ2) is 5.15. The molecule has 1 N–H and O–H groups in total. The van der Waals surface area contributed by atoms with Crippen LogP contribution in [0.3, 0.4) is 0 Å². The van der Waals surface area contributed by atoms with Crippen molar-refractivity contribution in [3.63, 3.8) is 0 Å². The van der Waals surface area contributed by atoms with Crippen LogP contribution in [0.2, 0.25) is 5.02 Å². The Hall–Kier alpha value is -1.65. The van der Waals surface area contributed by atoms with Gasteiger partial charge in [-0.05, 0) is 42.7 Å². The number of aromatic amines is 1. The Balaban J connectivity index is 1.98. The van der Waals surface area contributed by atoms with Gasteiger partial charge in [0.1, 0.15) is 0 Å². The Morgan fingerprint density at radius 2 is 2.11 bits per heavy atom. The molecule has 0 spiro atoms. The monoisotopic (exact) mass is 290 g/mol. The second-order valence-electron chi connectivity index (χ2n) is 4.25. The van der Waals surface area contributed by atoms with Gasteiger partial charge in [-0.25, -0.2) is 0 Å². The summed E-state index contributed by atoms with van der Waals surface area (Å²) in [6.07, 6.45) is 3.26. The molecule has 3 rings (SSSR count). The lowest BCUT2D eigenvalue weighted by Gasteiger charge is -2.05. The Labute approximate surface area is 119 Å². The van der Waals surface area contributed by atoms with Gasteiger partial charge < -0.3 is 0 Å². The van der Waals surface area contributed by atoms with Crippen molar-refractivity contribution < 1.29 is 0 Å². The summed E-state index contributed by atoms with van der Waals surface area (Å²) in [5.41, 5.74) is 1.85. The topological polar surface area (TPSA) is 45.8 Å². The van der Waals surface area contributed by atoms with E-state index in [-0.39, 0.29) is 5.56 Å². The van der Waals surface area contributed by atoms with Crippen LogP contribution in [-0.4, -0.2) is 9.36 Å². The van der Waals surface area contributed by atoms with Crippen LogP contribution in [-0.2, 0) is 12.8 Å². The van der Waals surface area contributed by atoms with Gasteiger partial charge in [0.25, 0.3) is 5.56 Å². The van der Waals surface area contributed by atoms with Crippen molar-refractivity contribution in [2.75, 3.05) is 0 Å². The van der Waals surface area contributed by atoms with E-state index >= 15 is 0 Å². The number of nitrogens with zero attached hydrogens (tertiary/aromatic N) is 1. The molecule has 0 bridgehead atoms. The van der Waals surface area contributed by atoms with Crippen LogP contribution >= 0.6 is 23.1 Å². The lowest BCUT2D eigenvalue weighted by atomic mass is 10.0. The number of benzene rings is 1. The molecule has 2 aromatic heterocycles. The summed E-state index contributed by atoms with van der Waals surface area (Å²) in [4.78, 5) is 16.1. The number of hydrogen-bond donors (Lipinski definition) is 1. The quantitative estimate of drug-likeness (QED) is 0.803. The third-order valence-corrected chi connectivity index (χ3v) is 4.26. The fraction of sp³-hybridized carbons (Fsp3) is 0.143. The van der Waals surface area contributed by atoms with E-state index in [9.17, 15) is 4.79 Å². The van der Waals surface area contributed by atoms with E-state index in [2.05, 4.69) is 9.36 Å². The number of halogens is 1. The van der Waals surface area contributed by atoms with E-state index < -0.39 is 0 Å². The van der Waals surface area contributed by atoms with Crippen LogP contribution in [0.5, 0.6) is 0 Å². The van der Waals surface area contributed by atoms with Gasteiger partial charge in [-0.3, -0.25) is 14.2 Å². The van der Waals surface area contributed by atoms with Crippen molar-refractivity contribution in [3.8, 4) is 0 Å². The third-order valence-electron chi connectivity index (χ3n) is 3.06. The van der Waals surface area contributed by atoms with Crippen LogP contribution in [0.4, 0.5) is 0 Å². The maximum atomic E-state index is 11.8. The molecule has 5 heteroatoms. The Bertz CT molecular complexity index is 764. The van der Waals surface area contributed by atoms with Crippen molar-refractivity contribution in [2.45, 2.75) is 12.8 Å². The van der Waals surface area contributed by atoms with Gasteiger partial charge in [0.2, 0.25) is 0 Å². The SMILES string of the molecule is O=c1[nH]sc2ccc(Cl)c(CCc3ccccn3)c12. The van der Waals surface area contributed by atoms with Crippen molar-refractivity contribution in [1.29, 1.82) is 0 Å². The van der Waals surface area contributed by atoms with Gasteiger partial charge in [0, 0.05) is 16.9 Å². The number of aryl methyl sites for hydroxylation is 2. The van der Waals surface area contributed by atoms with E-state index in [4.69, 9.17) is 11.6 Å². The standard InChI is InChI=1S/C14H11ClN2OS/c15-11-6-7-12-13(14(18)17-19-12)10(11)5-4-9-3-1-2-8-16-9/h1-3,6-8H,4-5H2,(H,17,18). The van der Waals surface area contributed by atoms with Crippen molar-refractivity contribution in [1.82, 2.24) is 9.36 Å². The Morgan fingerprint density at radius 1 is 1.21 bits per heavy atom. The Kier molecular flexibility index (Phi) is 3.36. The second-order valence-corrected chi connectivity index (χ2v) is 5.51. The van der Waals surface area contributed by atoms with Crippen molar-refractivity contribution >= 4 is 33.2 Å². The summed E-state index contributed by atoms with van der Waals surface area (Å²) in [5.74, 6) is 0. The van der Waals surface area contributed by atoms with E-state index in [0.717, 1.165) is 22.4 Å². The van der Waals surface area contributed by atoms with Gasteiger partial charge >= 0.3 is 0 Å². The molecule has 3 aromatic rings. The molecule has 0 amide bonds. The molecule has 1 aromatic carbocycles. The van der Waals surface area contributed by atoms with Gasteiger partial charge in [0.05, 0.1) is 10.1 Å². The van der Waals surface area contributed by atoms with E-state index in [0.29, 0.717) is 16.8 Å². The fourth-order valence-electron chi connectivity index (χ4n) is 2.13. The lowest BCUT2D eigenvalue weighted by molar-refractivity contribution is 0.920. The van der Waals surface area contributed by atoms with Gasteiger partial charge in [-0.1, -0.05) is 29.2 Å². The number of rotatable bonds is 3. The molecule has 2 heterocycles. The molecule has 0 atom stereocenters. The molecular formula is C14H11ClN2OS. The van der Waals surface area contributed by atoms with E-state index in [1.807, 2.05) is 30.3 Å².